The second kappa shape index (κ2) is 9.25. The molecule has 2 saturated carbocycles. The van der Waals surface area contributed by atoms with E-state index in [4.69, 9.17) is 9.47 Å². The van der Waals surface area contributed by atoms with Gasteiger partial charge in [0.05, 0.1) is 28.4 Å². The molecule has 3 fully saturated rings. The van der Waals surface area contributed by atoms with Gasteiger partial charge in [-0.25, -0.2) is 13.4 Å². The van der Waals surface area contributed by atoms with Gasteiger partial charge in [0.25, 0.3) is 0 Å². The zero-order valence-corrected chi connectivity index (χ0v) is 22.2. The van der Waals surface area contributed by atoms with Crippen LogP contribution in [-0.4, -0.2) is 37.0 Å². The topological polar surface area (TPSA) is 94.6 Å². The number of sulfone groups is 1. The molecule has 0 bridgehead atoms. The first-order valence-corrected chi connectivity index (χ1v) is 14.9. The number of nitrogens with zero attached hydrogens (tertiary/aromatic N) is 1. The summed E-state index contributed by atoms with van der Waals surface area (Å²) in [7, 11) is -3.25. The van der Waals surface area contributed by atoms with Gasteiger partial charge >= 0.3 is 0 Å². The predicted octanol–water partition coefficient (Wildman–Crippen LogP) is 5.38. The second-order valence-electron chi connectivity index (χ2n) is 10.8. The Labute approximate surface area is 211 Å². The van der Waals surface area contributed by atoms with E-state index in [2.05, 4.69) is 10.3 Å². The summed E-state index contributed by atoms with van der Waals surface area (Å²) in [6, 6.07) is 6.96. The summed E-state index contributed by atoms with van der Waals surface area (Å²) in [5.41, 5.74) is 0.933. The smallest absolute Gasteiger partial charge is 0.233 e. The summed E-state index contributed by atoms with van der Waals surface area (Å²) in [5.74, 6) is -0.640. The Kier molecular flexibility index (Phi) is 6.57. The van der Waals surface area contributed by atoms with Crippen molar-refractivity contribution < 1.29 is 22.7 Å². The third kappa shape index (κ3) is 5.33. The fourth-order valence-corrected chi connectivity index (χ4v) is 7.73. The molecule has 35 heavy (non-hydrogen) atoms. The number of thiazole rings is 1. The van der Waals surface area contributed by atoms with Crippen LogP contribution in [0.25, 0.3) is 0 Å². The molecule has 0 radical (unpaired) electrons. The van der Waals surface area contributed by atoms with E-state index in [0.717, 1.165) is 43.4 Å². The first-order chi connectivity index (χ1) is 16.6. The van der Waals surface area contributed by atoms with Gasteiger partial charge in [-0.1, -0.05) is 37.8 Å². The Bertz CT molecular complexity index is 1180. The Morgan fingerprint density at radius 2 is 1.83 bits per heavy atom. The van der Waals surface area contributed by atoms with E-state index in [0.29, 0.717) is 22.6 Å². The third-order valence-corrected chi connectivity index (χ3v) is 10.4. The maximum Gasteiger partial charge on any atom is 0.233 e. The van der Waals surface area contributed by atoms with Crippen LogP contribution in [0.4, 0.5) is 5.13 Å². The number of amides is 1. The van der Waals surface area contributed by atoms with Crippen molar-refractivity contribution in [2.75, 3.05) is 11.9 Å². The summed E-state index contributed by atoms with van der Waals surface area (Å²) >= 11 is 1.38. The number of nitrogens with one attached hydrogen (secondary N) is 1. The van der Waals surface area contributed by atoms with Gasteiger partial charge in [-0.05, 0) is 63.6 Å². The number of aromatic nitrogens is 1. The lowest BCUT2D eigenvalue weighted by Crippen LogP contribution is -2.29. The minimum atomic E-state index is -3.25. The van der Waals surface area contributed by atoms with Crippen molar-refractivity contribution in [1.82, 2.24) is 4.98 Å². The molecule has 1 aromatic heterocycles. The molecule has 190 valence electrons. The minimum absolute atomic E-state index is 0.107. The van der Waals surface area contributed by atoms with Gasteiger partial charge < -0.3 is 14.8 Å². The minimum Gasteiger partial charge on any atom is -0.347 e. The van der Waals surface area contributed by atoms with Crippen LogP contribution in [0.5, 0.6) is 0 Å². The van der Waals surface area contributed by atoms with Crippen LogP contribution in [0.3, 0.4) is 0 Å². The highest BCUT2D eigenvalue weighted by Gasteiger charge is 2.45. The lowest BCUT2D eigenvalue weighted by molar-refractivity contribution is -0.160. The molecule has 3 aliphatic rings. The average Bonchev–Trinajstić information content (AvgIpc) is 3.22. The Morgan fingerprint density at radius 3 is 2.43 bits per heavy atom. The Morgan fingerprint density at radius 1 is 1.14 bits per heavy atom. The standard InChI is InChI=1S/C26H34N2O5S2/c1-25(2)32-16-26(3,33-25)22-15-34-24(27-22)28-23(29)21(14-17-6-4-5-7-17)18-8-10-19(11-9-18)35(30,31)20-12-13-20/h8-11,15,17,20-21H,4-7,12-14,16H2,1-3H3,(H,27,28,29)/t21-,26?/m1/s1. The van der Waals surface area contributed by atoms with E-state index in [1.807, 2.05) is 38.3 Å². The van der Waals surface area contributed by atoms with Crippen molar-refractivity contribution in [3.8, 4) is 0 Å². The molecule has 2 heterocycles. The van der Waals surface area contributed by atoms with Crippen molar-refractivity contribution in [1.29, 1.82) is 0 Å². The number of benzene rings is 1. The molecule has 1 amide bonds. The van der Waals surface area contributed by atoms with Gasteiger partial charge in [0.15, 0.2) is 20.8 Å². The van der Waals surface area contributed by atoms with Gasteiger partial charge in [0, 0.05) is 5.38 Å². The fraction of sp³-hybridized carbons (Fsp3) is 0.615. The van der Waals surface area contributed by atoms with E-state index in [1.54, 1.807) is 12.1 Å². The number of hydrogen-bond donors (Lipinski definition) is 1. The molecule has 1 saturated heterocycles. The number of carbonyl (C=O) groups is 1. The highest BCUT2D eigenvalue weighted by molar-refractivity contribution is 7.92. The summed E-state index contributed by atoms with van der Waals surface area (Å²) < 4.78 is 37.0. The fourth-order valence-electron chi connectivity index (χ4n) is 5.24. The molecule has 0 spiro atoms. The molecule has 7 nitrogen and oxygen atoms in total. The number of carbonyl (C=O) groups excluding carboxylic acids is 1. The van der Waals surface area contributed by atoms with Crippen LogP contribution in [-0.2, 0) is 29.7 Å². The van der Waals surface area contributed by atoms with Crippen LogP contribution in [0.1, 0.15) is 82.9 Å². The molecule has 1 aromatic carbocycles. The quantitative estimate of drug-likeness (QED) is 0.504. The molecule has 2 atom stereocenters. The maximum absolute atomic E-state index is 13.5. The van der Waals surface area contributed by atoms with Gasteiger partial charge in [0.2, 0.25) is 5.91 Å². The SMILES string of the molecule is CC1(C)OCC(C)(c2csc(NC(=O)[C@H](CC3CCCC3)c3ccc(S(=O)(=O)C4CC4)cc3)n2)O1. The highest BCUT2D eigenvalue weighted by atomic mass is 32.2. The molecule has 1 unspecified atom stereocenters. The van der Waals surface area contributed by atoms with E-state index < -0.39 is 21.2 Å². The van der Waals surface area contributed by atoms with E-state index in [-0.39, 0.29) is 17.1 Å². The van der Waals surface area contributed by atoms with Crippen LogP contribution >= 0.6 is 11.3 Å². The molecule has 1 N–H and O–H groups in total. The van der Waals surface area contributed by atoms with Crippen molar-refractivity contribution in [3.63, 3.8) is 0 Å². The van der Waals surface area contributed by atoms with Crippen molar-refractivity contribution >= 4 is 32.2 Å². The van der Waals surface area contributed by atoms with Crippen LogP contribution in [0, 0.1) is 5.92 Å². The molecule has 1 aliphatic heterocycles. The highest BCUT2D eigenvalue weighted by Crippen LogP contribution is 2.40. The molecular weight excluding hydrogens is 484 g/mol. The van der Waals surface area contributed by atoms with E-state index >= 15 is 0 Å². The zero-order valence-electron chi connectivity index (χ0n) is 20.6. The second-order valence-corrected chi connectivity index (χ2v) is 13.9. The number of hydrogen-bond acceptors (Lipinski definition) is 7. The lowest BCUT2D eigenvalue weighted by Gasteiger charge is -2.23. The first kappa shape index (κ1) is 24.9. The van der Waals surface area contributed by atoms with Crippen LogP contribution in [0.15, 0.2) is 34.5 Å². The summed E-state index contributed by atoms with van der Waals surface area (Å²) in [6.07, 6.45) is 6.88. The maximum atomic E-state index is 13.5. The summed E-state index contributed by atoms with van der Waals surface area (Å²) in [4.78, 5) is 18.5. The van der Waals surface area contributed by atoms with Crippen molar-refractivity contribution in [2.24, 2.45) is 5.92 Å². The summed E-state index contributed by atoms with van der Waals surface area (Å²) in [6.45, 7) is 6.10. The normalized spacial score (nSPS) is 25.6. The molecule has 5 rings (SSSR count). The molecule has 9 heteroatoms. The molecule has 2 aliphatic carbocycles. The first-order valence-electron chi connectivity index (χ1n) is 12.5. The summed E-state index contributed by atoms with van der Waals surface area (Å²) in [5, 5.41) is 5.22. The van der Waals surface area contributed by atoms with E-state index in [1.165, 1.54) is 24.2 Å². The third-order valence-electron chi connectivity index (χ3n) is 7.38. The lowest BCUT2D eigenvalue weighted by atomic mass is 9.87. The monoisotopic (exact) mass is 518 g/mol. The Hall–Kier alpha value is -1.81. The van der Waals surface area contributed by atoms with Gasteiger partial charge in [0.1, 0.15) is 5.60 Å². The number of rotatable bonds is 8. The zero-order chi connectivity index (χ0) is 24.8. The predicted molar refractivity (Wildman–Crippen MR) is 135 cm³/mol. The molecular formula is C26H34N2O5S2. The van der Waals surface area contributed by atoms with Crippen molar-refractivity contribution in [2.45, 2.75) is 93.2 Å². The van der Waals surface area contributed by atoms with Crippen LogP contribution < -0.4 is 5.32 Å². The Balaban J connectivity index is 1.34. The average molecular weight is 519 g/mol. The van der Waals surface area contributed by atoms with Crippen LogP contribution in [0.2, 0.25) is 0 Å². The number of anilines is 1. The van der Waals surface area contributed by atoms with Gasteiger partial charge in [-0.3, -0.25) is 4.79 Å². The molecule has 2 aromatic rings. The number of ether oxygens (including phenoxy) is 2. The van der Waals surface area contributed by atoms with Gasteiger partial charge in [-0.15, -0.1) is 11.3 Å². The largest absolute Gasteiger partial charge is 0.347 e. The van der Waals surface area contributed by atoms with Crippen molar-refractivity contribution in [3.05, 3.63) is 40.9 Å². The van der Waals surface area contributed by atoms with Gasteiger partial charge in [-0.2, -0.15) is 0 Å². The van der Waals surface area contributed by atoms with E-state index in [9.17, 15) is 13.2 Å².